The summed E-state index contributed by atoms with van der Waals surface area (Å²) >= 11 is 6.32. The molecule has 190 valence electrons. The molecule has 2 aromatic carbocycles. The Labute approximate surface area is 220 Å². The summed E-state index contributed by atoms with van der Waals surface area (Å²) in [6, 6.07) is 16.3. The molecule has 6 rings (SSSR count). The first-order valence-electron chi connectivity index (χ1n) is 13.7. The summed E-state index contributed by atoms with van der Waals surface area (Å²) in [5, 5.41) is 9.07. The quantitative estimate of drug-likeness (QED) is 0.486. The van der Waals surface area contributed by atoms with E-state index in [1.54, 1.807) is 0 Å². The van der Waals surface area contributed by atoms with Gasteiger partial charge in [-0.3, -0.25) is 9.91 Å². The molecule has 6 heteroatoms. The fourth-order valence-corrected chi connectivity index (χ4v) is 6.82. The Kier molecular flexibility index (Phi) is 6.72. The van der Waals surface area contributed by atoms with Crippen molar-refractivity contribution in [2.75, 3.05) is 32.0 Å². The van der Waals surface area contributed by atoms with Gasteiger partial charge < -0.3 is 10.7 Å². The third-order valence-electron chi connectivity index (χ3n) is 8.48. The average molecular weight is 504 g/mol. The molecule has 5 nitrogen and oxygen atoms in total. The highest BCUT2D eigenvalue weighted by Gasteiger charge is 2.33. The molecule has 2 N–H and O–H groups in total. The first-order valence-corrected chi connectivity index (χ1v) is 14.0. The van der Waals surface area contributed by atoms with E-state index in [0.29, 0.717) is 0 Å². The molecule has 2 aromatic rings. The van der Waals surface area contributed by atoms with Gasteiger partial charge in [-0.1, -0.05) is 55.1 Å². The molecule has 0 saturated heterocycles. The number of rotatable bonds is 4. The number of hydrazine groups is 2. The van der Waals surface area contributed by atoms with Crippen LogP contribution in [0.5, 0.6) is 0 Å². The standard InChI is InChI=1S/C30H38ClN5/c1-21-30-27-12-11-23(22-13-16-35(17-14-22)26-9-4-3-5-10-26)19-28(27)29(15-18-36(30)34(2)33-21)32-25-8-6-7-24(31)20-25/h6-8,11-13,19-20,26,29,32-33H,3-5,9-10,14-18H2,1-2H3. The van der Waals surface area contributed by atoms with Crippen molar-refractivity contribution in [2.45, 2.75) is 64.0 Å². The van der Waals surface area contributed by atoms with Gasteiger partial charge in [0, 0.05) is 49.0 Å². The van der Waals surface area contributed by atoms with E-state index in [1.165, 1.54) is 72.3 Å². The molecule has 0 bridgehead atoms. The molecule has 0 spiro atoms. The van der Waals surface area contributed by atoms with Gasteiger partial charge in [-0.15, -0.1) is 5.12 Å². The summed E-state index contributed by atoms with van der Waals surface area (Å²) in [4.78, 5) is 2.72. The van der Waals surface area contributed by atoms with Gasteiger partial charge in [0.25, 0.3) is 0 Å². The van der Waals surface area contributed by atoms with Crippen molar-refractivity contribution < 1.29 is 0 Å². The minimum atomic E-state index is 0.209. The summed E-state index contributed by atoms with van der Waals surface area (Å²) in [5.74, 6) is 0. The van der Waals surface area contributed by atoms with Gasteiger partial charge in [-0.2, -0.15) is 0 Å². The van der Waals surface area contributed by atoms with Crippen molar-refractivity contribution in [1.29, 1.82) is 0 Å². The summed E-state index contributed by atoms with van der Waals surface area (Å²) < 4.78 is 0. The van der Waals surface area contributed by atoms with Crippen LogP contribution in [0.1, 0.15) is 74.6 Å². The zero-order valence-corrected chi connectivity index (χ0v) is 22.3. The van der Waals surface area contributed by atoms with Crippen LogP contribution in [-0.2, 0) is 0 Å². The van der Waals surface area contributed by atoms with E-state index in [4.69, 9.17) is 11.6 Å². The SMILES string of the molecule is CC1=C2c3ccc(C4=CCN(C5CCCCC5)CC4)cc3C(Nc3cccc(Cl)c3)CCN2N(C)N1. The van der Waals surface area contributed by atoms with Gasteiger partial charge in [0.1, 0.15) is 0 Å². The third-order valence-corrected chi connectivity index (χ3v) is 8.72. The van der Waals surface area contributed by atoms with Crippen LogP contribution in [-0.4, -0.2) is 47.8 Å². The van der Waals surface area contributed by atoms with Crippen molar-refractivity contribution in [2.24, 2.45) is 0 Å². The van der Waals surface area contributed by atoms with Crippen molar-refractivity contribution >= 4 is 28.6 Å². The zero-order chi connectivity index (χ0) is 24.6. The number of allylic oxidation sites excluding steroid dienone is 1. The van der Waals surface area contributed by atoms with E-state index in [2.05, 4.69) is 70.1 Å². The lowest BCUT2D eigenvalue weighted by Crippen LogP contribution is -2.40. The van der Waals surface area contributed by atoms with Crippen molar-refractivity contribution in [3.63, 3.8) is 0 Å². The van der Waals surface area contributed by atoms with Crippen LogP contribution in [0.15, 0.2) is 54.2 Å². The van der Waals surface area contributed by atoms with Crippen LogP contribution in [0.2, 0.25) is 5.02 Å². The van der Waals surface area contributed by atoms with Gasteiger partial charge in [-0.05, 0) is 73.6 Å². The van der Waals surface area contributed by atoms with E-state index in [9.17, 15) is 0 Å². The molecule has 36 heavy (non-hydrogen) atoms. The number of nitrogens with one attached hydrogen (secondary N) is 2. The Hall–Kier alpha value is -2.47. The highest BCUT2D eigenvalue weighted by Crippen LogP contribution is 2.41. The number of hydrogen-bond donors (Lipinski definition) is 2. The number of halogens is 1. The van der Waals surface area contributed by atoms with Crippen LogP contribution >= 0.6 is 11.6 Å². The fourth-order valence-electron chi connectivity index (χ4n) is 6.63. The largest absolute Gasteiger partial charge is 0.378 e. The predicted molar refractivity (Wildman–Crippen MR) is 150 cm³/mol. The molecular weight excluding hydrogens is 466 g/mol. The van der Waals surface area contributed by atoms with Crippen molar-refractivity contribution in [1.82, 2.24) is 20.5 Å². The highest BCUT2D eigenvalue weighted by molar-refractivity contribution is 6.30. The second-order valence-corrected chi connectivity index (χ2v) is 11.2. The molecule has 0 aromatic heterocycles. The number of fused-ring (bicyclic) bond motifs is 3. The normalized spacial score (nSPS) is 23.6. The smallest absolute Gasteiger partial charge is 0.0816 e. The van der Waals surface area contributed by atoms with Gasteiger partial charge in [0.05, 0.1) is 17.4 Å². The maximum Gasteiger partial charge on any atom is 0.0816 e. The summed E-state index contributed by atoms with van der Waals surface area (Å²) in [6.07, 6.45) is 11.6. The summed E-state index contributed by atoms with van der Waals surface area (Å²) in [6.45, 7) is 5.40. The van der Waals surface area contributed by atoms with Crippen molar-refractivity contribution in [3.05, 3.63) is 76.0 Å². The van der Waals surface area contributed by atoms with E-state index in [-0.39, 0.29) is 6.04 Å². The molecule has 1 unspecified atom stereocenters. The first kappa shape index (κ1) is 23.9. The fraction of sp³-hybridized carbons (Fsp3) is 0.467. The summed E-state index contributed by atoms with van der Waals surface area (Å²) in [5.41, 5.74) is 12.6. The maximum atomic E-state index is 6.32. The van der Waals surface area contributed by atoms with E-state index >= 15 is 0 Å². The van der Waals surface area contributed by atoms with Gasteiger partial charge in [0.15, 0.2) is 0 Å². The Morgan fingerprint density at radius 2 is 1.86 bits per heavy atom. The lowest BCUT2D eigenvalue weighted by atomic mass is 9.89. The second kappa shape index (κ2) is 10.1. The second-order valence-electron chi connectivity index (χ2n) is 10.8. The van der Waals surface area contributed by atoms with Crippen LogP contribution in [0.4, 0.5) is 5.69 Å². The maximum absolute atomic E-state index is 6.32. The molecule has 3 heterocycles. The number of benzene rings is 2. The zero-order valence-electron chi connectivity index (χ0n) is 21.6. The lowest BCUT2D eigenvalue weighted by Gasteiger charge is -2.36. The molecule has 3 aliphatic heterocycles. The van der Waals surface area contributed by atoms with Gasteiger partial charge in [0.2, 0.25) is 0 Å². The van der Waals surface area contributed by atoms with Crippen LogP contribution in [0.3, 0.4) is 0 Å². The van der Waals surface area contributed by atoms with Gasteiger partial charge in [-0.25, -0.2) is 0 Å². The molecule has 0 radical (unpaired) electrons. The summed E-state index contributed by atoms with van der Waals surface area (Å²) in [7, 11) is 2.10. The van der Waals surface area contributed by atoms with E-state index < -0.39 is 0 Å². The van der Waals surface area contributed by atoms with E-state index in [0.717, 1.165) is 42.7 Å². The Morgan fingerprint density at radius 1 is 1.00 bits per heavy atom. The van der Waals surface area contributed by atoms with Crippen LogP contribution < -0.4 is 10.7 Å². The Morgan fingerprint density at radius 3 is 2.64 bits per heavy atom. The van der Waals surface area contributed by atoms with Gasteiger partial charge >= 0.3 is 0 Å². The number of nitrogens with zero attached hydrogens (tertiary/aromatic N) is 3. The molecule has 0 amide bonds. The first-order chi connectivity index (χ1) is 17.6. The number of anilines is 1. The monoisotopic (exact) mass is 503 g/mol. The van der Waals surface area contributed by atoms with Crippen LogP contribution in [0, 0.1) is 0 Å². The Bertz CT molecular complexity index is 1180. The molecule has 1 fully saturated rings. The third kappa shape index (κ3) is 4.65. The molecular formula is C30H38ClN5. The van der Waals surface area contributed by atoms with E-state index in [1.807, 2.05) is 18.2 Å². The molecule has 1 atom stereocenters. The minimum Gasteiger partial charge on any atom is -0.378 e. The predicted octanol–water partition coefficient (Wildman–Crippen LogP) is 6.67. The highest BCUT2D eigenvalue weighted by atomic mass is 35.5. The topological polar surface area (TPSA) is 33.8 Å². The Balaban J connectivity index is 1.33. The average Bonchev–Trinajstić information content (AvgIpc) is 3.08. The molecule has 1 saturated carbocycles. The lowest BCUT2D eigenvalue weighted by molar-refractivity contribution is 0.0447. The molecule has 1 aliphatic carbocycles. The number of hydrogen-bond acceptors (Lipinski definition) is 5. The minimum absolute atomic E-state index is 0.209. The van der Waals surface area contributed by atoms with Crippen molar-refractivity contribution in [3.8, 4) is 0 Å². The molecule has 4 aliphatic rings. The van der Waals surface area contributed by atoms with Crippen LogP contribution in [0.25, 0.3) is 11.3 Å².